The van der Waals surface area contributed by atoms with Gasteiger partial charge in [-0.3, -0.25) is 14.3 Å². The van der Waals surface area contributed by atoms with Crippen molar-refractivity contribution in [1.29, 1.82) is 0 Å². The molecule has 33 heavy (non-hydrogen) atoms. The van der Waals surface area contributed by atoms with Crippen LogP contribution in [0, 0.1) is 0 Å². The molecule has 0 bridgehead atoms. The number of carbonyl (C=O) groups excluding carboxylic acids is 2. The van der Waals surface area contributed by atoms with Crippen LogP contribution in [0.15, 0.2) is 82.5 Å². The molecule has 1 N–H and O–H groups in total. The van der Waals surface area contributed by atoms with E-state index in [1.54, 1.807) is 60.7 Å². The highest BCUT2D eigenvalue weighted by Crippen LogP contribution is 2.18. The number of nitrogens with one attached hydrogen (secondary N) is 1. The molecule has 1 heterocycles. The van der Waals surface area contributed by atoms with Gasteiger partial charge >= 0.3 is 17.6 Å². The molecule has 0 aliphatic carbocycles. The van der Waals surface area contributed by atoms with Crippen LogP contribution in [0.1, 0.15) is 26.9 Å². The van der Waals surface area contributed by atoms with Gasteiger partial charge in [0.2, 0.25) is 0 Å². The zero-order valence-corrected chi connectivity index (χ0v) is 18.1. The topological polar surface area (TPSA) is 117 Å². The molecule has 1 aromatic heterocycles. The summed E-state index contributed by atoms with van der Waals surface area (Å²) in [6, 6.07) is 17.9. The number of H-pyrrole nitrogens is 1. The predicted molar refractivity (Wildman–Crippen MR) is 119 cm³/mol. The normalized spacial score (nSPS) is 12.5. The minimum Gasteiger partial charge on any atom is -0.460 e. The lowest BCUT2D eigenvalue weighted by Crippen LogP contribution is -2.38. The van der Waals surface area contributed by atoms with Crippen molar-refractivity contribution in [2.45, 2.75) is 11.6 Å². The molecular weight excluding hydrogens is 452 g/mol. The standard InChI is InChI=1S/C23H21ClN2O7/c24-18(15-33-22(29)17-9-5-2-6-10-17)20(26-12-11-19(27)25-23(26)30)31-13-14-32-21(28)16-7-3-1-4-8-16/h1-12,18,20H,13-15H2,(H,25,27,30)/t18?,20-/m0/s1. The fourth-order valence-corrected chi connectivity index (χ4v) is 3.10. The van der Waals surface area contributed by atoms with Crippen molar-refractivity contribution < 1.29 is 23.8 Å². The van der Waals surface area contributed by atoms with E-state index in [9.17, 15) is 19.2 Å². The number of benzene rings is 2. The number of aromatic amines is 1. The average molecular weight is 473 g/mol. The highest BCUT2D eigenvalue weighted by atomic mass is 35.5. The molecule has 2 atom stereocenters. The van der Waals surface area contributed by atoms with Crippen LogP contribution in [-0.4, -0.2) is 46.7 Å². The summed E-state index contributed by atoms with van der Waals surface area (Å²) in [5.74, 6) is -1.12. The van der Waals surface area contributed by atoms with E-state index in [0.717, 1.165) is 10.6 Å². The fraction of sp³-hybridized carbons (Fsp3) is 0.217. The van der Waals surface area contributed by atoms with Crippen LogP contribution in [0.5, 0.6) is 0 Å². The Morgan fingerprint density at radius 2 is 1.42 bits per heavy atom. The van der Waals surface area contributed by atoms with E-state index in [2.05, 4.69) is 4.98 Å². The van der Waals surface area contributed by atoms with Gasteiger partial charge in [-0.1, -0.05) is 36.4 Å². The fourth-order valence-electron chi connectivity index (χ4n) is 2.84. The summed E-state index contributed by atoms with van der Waals surface area (Å²) in [6.45, 7) is -0.504. The van der Waals surface area contributed by atoms with E-state index >= 15 is 0 Å². The number of rotatable bonds is 10. The Balaban J connectivity index is 1.63. The summed E-state index contributed by atoms with van der Waals surface area (Å²) >= 11 is 6.40. The minimum atomic E-state index is -1.12. The number of hydrogen-bond acceptors (Lipinski definition) is 7. The second-order valence-corrected chi connectivity index (χ2v) is 7.32. The number of carbonyl (C=O) groups is 2. The van der Waals surface area contributed by atoms with Crippen LogP contribution in [0.25, 0.3) is 0 Å². The maximum atomic E-state index is 12.2. The number of hydrogen-bond donors (Lipinski definition) is 1. The molecule has 172 valence electrons. The molecule has 0 radical (unpaired) electrons. The Hall–Kier alpha value is -3.69. The molecule has 0 saturated heterocycles. The lowest BCUT2D eigenvalue weighted by molar-refractivity contribution is -0.0369. The van der Waals surface area contributed by atoms with E-state index in [4.69, 9.17) is 25.8 Å². The van der Waals surface area contributed by atoms with Crippen LogP contribution < -0.4 is 11.2 Å². The number of halogens is 1. The summed E-state index contributed by atoms with van der Waals surface area (Å²) in [5, 5.41) is -0.994. The van der Waals surface area contributed by atoms with Crippen LogP contribution in [-0.2, 0) is 14.2 Å². The quantitative estimate of drug-likeness (QED) is 0.273. The van der Waals surface area contributed by atoms with Crippen LogP contribution in [0.4, 0.5) is 0 Å². The zero-order valence-electron chi connectivity index (χ0n) is 17.4. The molecule has 3 aromatic rings. The van der Waals surface area contributed by atoms with E-state index in [1.807, 2.05) is 0 Å². The third-order valence-corrected chi connectivity index (χ3v) is 4.77. The molecule has 0 spiro atoms. The van der Waals surface area contributed by atoms with Crippen molar-refractivity contribution >= 4 is 23.5 Å². The Morgan fingerprint density at radius 1 is 0.848 bits per heavy atom. The Labute approximate surface area is 193 Å². The van der Waals surface area contributed by atoms with E-state index in [1.165, 1.54) is 6.20 Å². The molecule has 2 aromatic carbocycles. The van der Waals surface area contributed by atoms with Gasteiger partial charge < -0.3 is 14.2 Å². The molecule has 0 amide bonds. The van der Waals surface area contributed by atoms with Gasteiger partial charge in [0.15, 0.2) is 6.23 Å². The Morgan fingerprint density at radius 3 is 2.00 bits per heavy atom. The first kappa shape index (κ1) is 24.0. The molecule has 9 nitrogen and oxygen atoms in total. The number of aromatic nitrogens is 2. The van der Waals surface area contributed by atoms with E-state index in [-0.39, 0.29) is 19.8 Å². The highest BCUT2D eigenvalue weighted by Gasteiger charge is 2.25. The van der Waals surface area contributed by atoms with Crippen LogP contribution in [0.2, 0.25) is 0 Å². The number of nitrogens with zero attached hydrogens (tertiary/aromatic N) is 1. The van der Waals surface area contributed by atoms with Crippen molar-refractivity contribution in [2.24, 2.45) is 0 Å². The van der Waals surface area contributed by atoms with Crippen molar-refractivity contribution in [3.63, 3.8) is 0 Å². The molecule has 0 fully saturated rings. The second-order valence-electron chi connectivity index (χ2n) is 6.76. The molecule has 0 saturated carbocycles. The monoisotopic (exact) mass is 472 g/mol. The minimum absolute atomic E-state index is 0.106. The highest BCUT2D eigenvalue weighted by molar-refractivity contribution is 6.21. The maximum Gasteiger partial charge on any atom is 0.338 e. The zero-order chi connectivity index (χ0) is 23.6. The summed E-state index contributed by atoms with van der Waals surface area (Å²) in [4.78, 5) is 50.0. The van der Waals surface area contributed by atoms with Crippen molar-refractivity contribution in [3.05, 3.63) is 105 Å². The molecular formula is C23H21ClN2O7. The smallest absolute Gasteiger partial charge is 0.338 e. The largest absolute Gasteiger partial charge is 0.460 e. The van der Waals surface area contributed by atoms with E-state index in [0.29, 0.717) is 11.1 Å². The SMILES string of the molecule is O=C(OCCO[C@@H](C(Cl)COC(=O)c1ccccc1)n1ccc(=O)[nH]c1=O)c1ccccc1. The van der Waals surface area contributed by atoms with Gasteiger partial charge in [0.1, 0.15) is 18.6 Å². The summed E-state index contributed by atoms with van der Waals surface area (Å²) in [7, 11) is 0. The van der Waals surface area contributed by atoms with Crippen molar-refractivity contribution in [3.8, 4) is 0 Å². The molecule has 0 aliphatic rings. The molecule has 10 heteroatoms. The number of esters is 2. The third kappa shape index (κ3) is 6.90. The lowest BCUT2D eigenvalue weighted by atomic mass is 10.2. The molecule has 3 rings (SSSR count). The van der Waals surface area contributed by atoms with Gasteiger partial charge in [0.25, 0.3) is 5.56 Å². The van der Waals surface area contributed by atoms with Crippen molar-refractivity contribution in [2.75, 3.05) is 19.8 Å². The lowest BCUT2D eigenvalue weighted by Gasteiger charge is -2.24. The number of alkyl halides is 1. The number of ether oxygens (including phenoxy) is 3. The molecule has 0 aliphatic heterocycles. The average Bonchev–Trinajstić information content (AvgIpc) is 2.84. The van der Waals surface area contributed by atoms with Gasteiger partial charge in [-0.25, -0.2) is 14.4 Å². The molecule has 1 unspecified atom stereocenters. The first-order valence-corrected chi connectivity index (χ1v) is 10.4. The summed E-state index contributed by atoms with van der Waals surface area (Å²) in [5.41, 5.74) is -0.621. The van der Waals surface area contributed by atoms with Gasteiger partial charge in [-0.2, -0.15) is 0 Å². The van der Waals surface area contributed by atoms with Gasteiger partial charge in [-0.05, 0) is 24.3 Å². The first-order valence-electron chi connectivity index (χ1n) is 9.97. The third-order valence-electron chi connectivity index (χ3n) is 4.43. The van der Waals surface area contributed by atoms with Crippen molar-refractivity contribution in [1.82, 2.24) is 9.55 Å². The van der Waals surface area contributed by atoms with Gasteiger partial charge in [0.05, 0.1) is 17.7 Å². The van der Waals surface area contributed by atoms with Gasteiger partial charge in [-0.15, -0.1) is 11.6 Å². The second kappa shape index (κ2) is 11.8. The Bertz CT molecular complexity index is 1180. The summed E-state index contributed by atoms with van der Waals surface area (Å²) in [6.07, 6.45) is 0.103. The maximum absolute atomic E-state index is 12.2. The van der Waals surface area contributed by atoms with Crippen LogP contribution >= 0.6 is 11.6 Å². The summed E-state index contributed by atoms with van der Waals surface area (Å²) < 4.78 is 17.1. The Kier molecular flexibility index (Phi) is 8.56. The predicted octanol–water partition coefficient (Wildman–Crippen LogP) is 2.37. The van der Waals surface area contributed by atoms with Crippen LogP contribution in [0.3, 0.4) is 0 Å². The first-order chi connectivity index (χ1) is 16.0. The van der Waals surface area contributed by atoms with Gasteiger partial charge in [0, 0.05) is 12.3 Å². The van der Waals surface area contributed by atoms with E-state index < -0.39 is 34.8 Å².